The molecule has 29 heavy (non-hydrogen) atoms. The van der Waals surface area contributed by atoms with E-state index in [1.165, 1.54) is 10.4 Å². The van der Waals surface area contributed by atoms with E-state index in [-0.39, 0.29) is 5.91 Å². The van der Waals surface area contributed by atoms with Crippen molar-refractivity contribution in [2.24, 2.45) is 0 Å². The van der Waals surface area contributed by atoms with E-state index in [0.717, 1.165) is 31.7 Å². The quantitative estimate of drug-likeness (QED) is 0.616. The number of fused-ring (bicyclic) bond motifs is 1. The largest absolute Gasteiger partial charge is 0.481 e. The molecule has 1 N–H and O–H groups in total. The molecule has 0 bridgehead atoms. The monoisotopic (exact) mass is 427 g/mol. The SMILES string of the molecule is C[C@@H](Oc1cccc(Cl)c1)C(=O)Nc1nc2c(s1)CN(Cc1ccccc1)CC2. The Labute approximate surface area is 179 Å². The number of benzene rings is 2. The van der Waals surface area contributed by atoms with Gasteiger partial charge in [0.05, 0.1) is 5.69 Å². The van der Waals surface area contributed by atoms with E-state index < -0.39 is 6.10 Å². The standard InChI is InChI=1S/C22H22ClN3O2S/c1-15(28-18-9-5-8-17(23)12-18)21(27)25-22-24-19-10-11-26(14-20(19)29-22)13-16-6-3-2-4-7-16/h2-9,12,15H,10-11,13-14H2,1H3,(H,24,25,27)/t15-/m1/s1. The van der Waals surface area contributed by atoms with E-state index in [1.807, 2.05) is 6.07 Å². The van der Waals surface area contributed by atoms with E-state index in [4.69, 9.17) is 16.3 Å². The fourth-order valence-corrected chi connectivity index (χ4v) is 4.52. The van der Waals surface area contributed by atoms with E-state index in [9.17, 15) is 4.79 Å². The predicted octanol–water partition coefficient (Wildman–Crippen LogP) is 4.76. The highest BCUT2D eigenvalue weighted by Gasteiger charge is 2.23. The summed E-state index contributed by atoms with van der Waals surface area (Å²) in [6.45, 7) is 4.45. The minimum Gasteiger partial charge on any atom is -0.481 e. The molecule has 7 heteroatoms. The number of nitrogens with one attached hydrogen (secondary N) is 1. The molecule has 0 saturated heterocycles. The zero-order chi connectivity index (χ0) is 20.2. The number of hydrogen-bond donors (Lipinski definition) is 1. The molecule has 0 saturated carbocycles. The lowest BCUT2D eigenvalue weighted by atomic mass is 10.1. The summed E-state index contributed by atoms with van der Waals surface area (Å²) in [7, 11) is 0. The van der Waals surface area contributed by atoms with Crippen LogP contribution < -0.4 is 10.1 Å². The number of hydrogen-bond acceptors (Lipinski definition) is 5. The van der Waals surface area contributed by atoms with Gasteiger partial charge in [0.15, 0.2) is 11.2 Å². The highest BCUT2D eigenvalue weighted by atomic mass is 35.5. The number of amides is 1. The van der Waals surface area contributed by atoms with Gasteiger partial charge in [-0.1, -0.05) is 48.0 Å². The van der Waals surface area contributed by atoms with Crippen LogP contribution in [-0.4, -0.2) is 28.4 Å². The number of ether oxygens (including phenoxy) is 1. The maximum Gasteiger partial charge on any atom is 0.266 e. The minimum atomic E-state index is -0.649. The first kappa shape index (κ1) is 19.9. The zero-order valence-corrected chi connectivity index (χ0v) is 17.7. The Morgan fingerprint density at radius 2 is 2.10 bits per heavy atom. The number of halogens is 1. The first-order chi connectivity index (χ1) is 14.1. The molecule has 3 aromatic rings. The predicted molar refractivity (Wildman–Crippen MR) is 117 cm³/mol. The van der Waals surface area contributed by atoms with Crippen molar-refractivity contribution in [1.29, 1.82) is 0 Å². The smallest absolute Gasteiger partial charge is 0.266 e. The zero-order valence-electron chi connectivity index (χ0n) is 16.1. The molecule has 1 aliphatic heterocycles. The Kier molecular flexibility index (Phi) is 6.13. The Morgan fingerprint density at radius 3 is 2.90 bits per heavy atom. The van der Waals surface area contributed by atoms with Gasteiger partial charge in [0.1, 0.15) is 5.75 Å². The van der Waals surface area contributed by atoms with Crippen LogP contribution in [0, 0.1) is 0 Å². The first-order valence-corrected chi connectivity index (χ1v) is 10.7. The minimum absolute atomic E-state index is 0.225. The fourth-order valence-electron chi connectivity index (χ4n) is 3.28. The summed E-state index contributed by atoms with van der Waals surface area (Å²) in [4.78, 5) is 20.7. The lowest BCUT2D eigenvalue weighted by Gasteiger charge is -2.25. The highest BCUT2D eigenvalue weighted by Crippen LogP contribution is 2.29. The molecule has 1 amide bonds. The normalized spacial score (nSPS) is 14.8. The second kappa shape index (κ2) is 8.95. The van der Waals surface area contributed by atoms with Crippen LogP contribution in [-0.2, 0) is 24.3 Å². The molecular weight excluding hydrogens is 406 g/mol. The summed E-state index contributed by atoms with van der Waals surface area (Å²) in [6.07, 6.45) is 0.243. The number of carbonyl (C=O) groups excluding carboxylic acids is 1. The summed E-state index contributed by atoms with van der Waals surface area (Å²) in [5.41, 5.74) is 2.39. The van der Waals surface area contributed by atoms with Gasteiger partial charge in [-0.3, -0.25) is 15.0 Å². The third kappa shape index (κ3) is 5.15. The number of carbonyl (C=O) groups is 1. The van der Waals surface area contributed by atoms with Crippen LogP contribution in [0.5, 0.6) is 5.75 Å². The molecule has 2 heterocycles. The number of nitrogens with zero attached hydrogens (tertiary/aromatic N) is 2. The molecular formula is C22H22ClN3O2S. The average molecular weight is 428 g/mol. The summed E-state index contributed by atoms with van der Waals surface area (Å²) >= 11 is 7.51. The Hall–Kier alpha value is -2.41. The van der Waals surface area contributed by atoms with E-state index >= 15 is 0 Å². The van der Waals surface area contributed by atoms with Crippen molar-refractivity contribution in [1.82, 2.24) is 9.88 Å². The third-order valence-electron chi connectivity index (χ3n) is 4.77. The van der Waals surface area contributed by atoms with Crippen molar-refractivity contribution in [3.05, 3.63) is 75.8 Å². The van der Waals surface area contributed by atoms with Crippen LogP contribution in [0.2, 0.25) is 5.02 Å². The van der Waals surface area contributed by atoms with Crippen molar-refractivity contribution in [2.45, 2.75) is 32.5 Å². The molecule has 0 radical (unpaired) electrons. The van der Waals surface area contributed by atoms with Crippen molar-refractivity contribution in [3.8, 4) is 5.75 Å². The molecule has 2 aromatic carbocycles. The topological polar surface area (TPSA) is 54.5 Å². The molecule has 5 nitrogen and oxygen atoms in total. The van der Waals surface area contributed by atoms with Crippen LogP contribution in [0.25, 0.3) is 0 Å². The Balaban J connectivity index is 1.35. The maximum absolute atomic E-state index is 12.5. The lowest BCUT2D eigenvalue weighted by molar-refractivity contribution is -0.122. The lowest BCUT2D eigenvalue weighted by Crippen LogP contribution is -2.30. The van der Waals surface area contributed by atoms with E-state index in [0.29, 0.717) is 15.9 Å². The van der Waals surface area contributed by atoms with Crippen LogP contribution in [0.1, 0.15) is 23.1 Å². The van der Waals surface area contributed by atoms with Gasteiger partial charge in [-0.15, -0.1) is 11.3 Å². The molecule has 4 rings (SSSR count). The van der Waals surface area contributed by atoms with Gasteiger partial charge in [0.25, 0.3) is 5.91 Å². The molecule has 1 aromatic heterocycles. The summed E-state index contributed by atoms with van der Waals surface area (Å²) in [6, 6.07) is 17.5. The van der Waals surface area contributed by atoms with E-state index in [2.05, 4.69) is 39.5 Å². The van der Waals surface area contributed by atoms with E-state index in [1.54, 1.807) is 42.5 Å². The van der Waals surface area contributed by atoms with Gasteiger partial charge >= 0.3 is 0 Å². The van der Waals surface area contributed by atoms with Crippen LogP contribution in [0.3, 0.4) is 0 Å². The summed E-state index contributed by atoms with van der Waals surface area (Å²) < 4.78 is 5.69. The highest BCUT2D eigenvalue weighted by molar-refractivity contribution is 7.15. The van der Waals surface area contributed by atoms with Crippen LogP contribution in [0.15, 0.2) is 54.6 Å². The van der Waals surface area contributed by atoms with Gasteiger partial charge in [0.2, 0.25) is 0 Å². The van der Waals surface area contributed by atoms with Gasteiger partial charge in [-0.2, -0.15) is 0 Å². The van der Waals surface area contributed by atoms with Gasteiger partial charge in [-0.05, 0) is 30.7 Å². The molecule has 0 unspecified atom stereocenters. The molecule has 0 aliphatic carbocycles. The fraction of sp³-hybridized carbons (Fsp3) is 0.273. The first-order valence-electron chi connectivity index (χ1n) is 9.55. The van der Waals surface area contributed by atoms with Gasteiger partial charge in [-0.25, -0.2) is 4.98 Å². The van der Waals surface area contributed by atoms with Crippen molar-refractivity contribution in [3.63, 3.8) is 0 Å². The summed E-state index contributed by atoms with van der Waals surface area (Å²) in [5, 5.41) is 4.09. The molecule has 0 fully saturated rings. The van der Waals surface area contributed by atoms with Crippen molar-refractivity contribution < 1.29 is 9.53 Å². The van der Waals surface area contributed by atoms with Crippen LogP contribution in [0.4, 0.5) is 5.13 Å². The van der Waals surface area contributed by atoms with Crippen molar-refractivity contribution in [2.75, 3.05) is 11.9 Å². The second-order valence-corrected chi connectivity index (χ2v) is 8.56. The second-order valence-electron chi connectivity index (χ2n) is 7.04. The molecule has 1 atom stereocenters. The molecule has 0 spiro atoms. The average Bonchev–Trinajstić information content (AvgIpc) is 3.10. The summed E-state index contributed by atoms with van der Waals surface area (Å²) in [5.74, 6) is 0.340. The third-order valence-corrected chi connectivity index (χ3v) is 6.00. The molecule has 1 aliphatic rings. The van der Waals surface area contributed by atoms with Crippen LogP contribution >= 0.6 is 22.9 Å². The number of aromatic nitrogens is 1. The Bertz CT molecular complexity index is 993. The number of anilines is 1. The maximum atomic E-state index is 12.5. The van der Waals surface area contributed by atoms with Crippen molar-refractivity contribution >= 4 is 34.0 Å². The molecule has 150 valence electrons. The number of rotatable bonds is 6. The Morgan fingerprint density at radius 1 is 1.28 bits per heavy atom. The van der Waals surface area contributed by atoms with Gasteiger partial charge < -0.3 is 4.74 Å². The van der Waals surface area contributed by atoms with Gasteiger partial charge in [0, 0.05) is 36.0 Å². The number of thiazole rings is 1.